The predicted octanol–water partition coefficient (Wildman–Crippen LogP) is 4.21. The molecule has 9 nitrogen and oxygen atoms in total. The number of ether oxygens (including phenoxy) is 4. The molecule has 39 heavy (non-hydrogen) atoms. The van der Waals surface area contributed by atoms with E-state index in [0.29, 0.717) is 0 Å². The van der Waals surface area contributed by atoms with E-state index in [4.69, 9.17) is 18.9 Å². The van der Waals surface area contributed by atoms with Crippen molar-refractivity contribution >= 4 is 23.9 Å². The molecule has 0 aromatic heterocycles. The van der Waals surface area contributed by atoms with Gasteiger partial charge in [0.2, 0.25) is 5.78 Å². The van der Waals surface area contributed by atoms with Crippen molar-refractivity contribution in [3.05, 3.63) is 23.8 Å². The molecule has 4 aliphatic rings. The van der Waals surface area contributed by atoms with Crippen LogP contribution in [-0.2, 0) is 28.5 Å². The average molecular weight is 555 g/mol. The zero-order valence-corrected chi connectivity index (χ0v) is 22.8. The molecule has 0 aromatic rings. The molecule has 0 heterocycles. The standard InChI is InChI=1S/C28H36F2O9/c1-6-36-23(34)38-14-22(33)28(39-24(35)37-7-2)15(3)10-17-18-12-20(29)19-11-16(31)8-9-25(19,4)27(18,30)21(32)13-26(17,28)5/h8-9,11,15,17-18,20-21,32H,6-7,10,12-14H2,1-5H3/t15-,17+,18+,20+,21+,25+,26+,27+,28+/m1/s1. The van der Waals surface area contributed by atoms with Crippen LogP contribution in [-0.4, -0.2) is 72.3 Å². The van der Waals surface area contributed by atoms with Crippen molar-refractivity contribution in [3.63, 3.8) is 0 Å². The SMILES string of the molecule is CCOC(=O)OCC(=O)[C@@]1(OC(=O)OCC)[C@H](C)C[C@H]2[C@@H]3C[C@H](F)C4=CC(=O)C=C[C@]4(C)[C@@]3(F)[C@@H](O)C[C@@]21C. The van der Waals surface area contributed by atoms with Crippen molar-refractivity contribution in [2.24, 2.45) is 28.6 Å². The van der Waals surface area contributed by atoms with Crippen molar-refractivity contribution < 1.29 is 52.0 Å². The summed E-state index contributed by atoms with van der Waals surface area (Å²) >= 11 is 0. The second kappa shape index (κ2) is 9.98. The monoisotopic (exact) mass is 554 g/mol. The van der Waals surface area contributed by atoms with Crippen molar-refractivity contribution in [1.82, 2.24) is 0 Å². The molecule has 11 heteroatoms. The van der Waals surface area contributed by atoms with Gasteiger partial charge < -0.3 is 24.1 Å². The lowest BCUT2D eigenvalue weighted by atomic mass is 9.44. The van der Waals surface area contributed by atoms with Crippen LogP contribution in [0.3, 0.4) is 0 Å². The number of carbonyl (C=O) groups excluding carboxylic acids is 4. The van der Waals surface area contributed by atoms with Crippen LogP contribution < -0.4 is 0 Å². The Balaban J connectivity index is 1.80. The fourth-order valence-corrected chi connectivity index (χ4v) is 8.06. The highest BCUT2D eigenvalue weighted by atomic mass is 19.1. The number of hydrogen-bond donors (Lipinski definition) is 1. The summed E-state index contributed by atoms with van der Waals surface area (Å²) in [5.74, 6) is -3.76. The zero-order chi connectivity index (χ0) is 29.0. The number of allylic oxidation sites excluding steroid dienone is 4. The lowest BCUT2D eigenvalue weighted by molar-refractivity contribution is -0.226. The summed E-state index contributed by atoms with van der Waals surface area (Å²) in [5.41, 5.74) is -7.33. The van der Waals surface area contributed by atoms with Crippen LogP contribution in [0.5, 0.6) is 0 Å². The molecule has 0 aliphatic heterocycles. The maximum Gasteiger partial charge on any atom is 0.509 e. The van der Waals surface area contributed by atoms with E-state index < -0.39 is 82.6 Å². The van der Waals surface area contributed by atoms with Crippen LogP contribution in [0.1, 0.15) is 53.9 Å². The van der Waals surface area contributed by atoms with Crippen LogP contribution in [0.25, 0.3) is 0 Å². The summed E-state index contributed by atoms with van der Waals surface area (Å²) in [6, 6.07) is 0. The minimum Gasteiger partial charge on any atom is -0.435 e. The fourth-order valence-electron chi connectivity index (χ4n) is 8.06. The Kier molecular flexibility index (Phi) is 7.46. The number of carbonyl (C=O) groups is 4. The van der Waals surface area contributed by atoms with Crippen LogP contribution in [0, 0.1) is 28.6 Å². The lowest BCUT2D eigenvalue weighted by Crippen LogP contribution is -2.71. The maximum absolute atomic E-state index is 17.4. The Morgan fingerprint density at radius 1 is 1.05 bits per heavy atom. The van der Waals surface area contributed by atoms with Gasteiger partial charge in [-0.2, -0.15) is 0 Å². The molecule has 0 spiro atoms. The molecule has 0 radical (unpaired) electrons. The quantitative estimate of drug-likeness (QED) is 0.481. The van der Waals surface area contributed by atoms with E-state index >= 15 is 8.78 Å². The minimum absolute atomic E-state index is 0.0137. The van der Waals surface area contributed by atoms with Gasteiger partial charge in [-0.15, -0.1) is 0 Å². The Labute approximate surface area is 225 Å². The van der Waals surface area contributed by atoms with Gasteiger partial charge in [0.1, 0.15) is 6.17 Å². The Hall–Kier alpha value is -2.82. The van der Waals surface area contributed by atoms with E-state index in [1.807, 2.05) is 0 Å². The second-order valence-electron chi connectivity index (χ2n) is 11.4. The number of rotatable bonds is 6. The van der Waals surface area contributed by atoms with Gasteiger partial charge in [-0.25, -0.2) is 18.4 Å². The van der Waals surface area contributed by atoms with Crippen LogP contribution in [0.2, 0.25) is 0 Å². The predicted molar refractivity (Wildman–Crippen MR) is 132 cm³/mol. The Morgan fingerprint density at radius 2 is 1.69 bits per heavy atom. The number of halogens is 2. The first kappa shape index (κ1) is 29.2. The minimum atomic E-state index is -2.37. The molecule has 3 fully saturated rings. The molecule has 216 valence electrons. The molecule has 0 saturated heterocycles. The van der Waals surface area contributed by atoms with E-state index in [9.17, 15) is 24.3 Å². The number of Topliss-reactive ketones (excluding diaryl/α,β-unsaturated/α-hetero) is 1. The highest BCUT2D eigenvalue weighted by Gasteiger charge is 2.78. The first-order valence-corrected chi connectivity index (χ1v) is 13.4. The molecule has 4 rings (SSSR count). The van der Waals surface area contributed by atoms with Gasteiger partial charge >= 0.3 is 12.3 Å². The Bertz CT molecular complexity index is 1120. The molecule has 3 saturated carbocycles. The van der Waals surface area contributed by atoms with E-state index in [0.717, 1.165) is 6.08 Å². The van der Waals surface area contributed by atoms with Crippen molar-refractivity contribution in [3.8, 4) is 0 Å². The molecule has 0 aromatic carbocycles. The molecule has 0 bridgehead atoms. The maximum atomic E-state index is 17.4. The van der Waals surface area contributed by atoms with Gasteiger partial charge in [-0.05, 0) is 63.7 Å². The highest BCUT2D eigenvalue weighted by molar-refractivity contribution is 6.01. The zero-order valence-electron chi connectivity index (χ0n) is 22.8. The first-order chi connectivity index (χ1) is 18.2. The number of aliphatic hydroxyl groups excluding tert-OH is 1. The summed E-state index contributed by atoms with van der Waals surface area (Å²) in [7, 11) is 0. The van der Waals surface area contributed by atoms with Crippen molar-refractivity contribution in [2.75, 3.05) is 19.8 Å². The lowest BCUT2D eigenvalue weighted by Gasteiger charge is -2.63. The summed E-state index contributed by atoms with van der Waals surface area (Å²) in [6.07, 6.45) is -2.47. The number of alkyl halides is 2. The molecular formula is C28H36F2O9. The van der Waals surface area contributed by atoms with Gasteiger partial charge in [0.25, 0.3) is 0 Å². The van der Waals surface area contributed by atoms with Gasteiger partial charge in [0.15, 0.2) is 23.7 Å². The number of aliphatic hydroxyl groups is 1. The largest absolute Gasteiger partial charge is 0.509 e. The molecule has 1 N–H and O–H groups in total. The van der Waals surface area contributed by atoms with Crippen molar-refractivity contribution in [2.45, 2.75) is 77.4 Å². The van der Waals surface area contributed by atoms with Gasteiger partial charge in [-0.3, -0.25) is 9.59 Å². The highest BCUT2D eigenvalue weighted by Crippen LogP contribution is 2.71. The summed E-state index contributed by atoms with van der Waals surface area (Å²) in [4.78, 5) is 50.4. The number of hydrogen-bond acceptors (Lipinski definition) is 9. The van der Waals surface area contributed by atoms with E-state index in [-0.39, 0.29) is 38.0 Å². The average Bonchev–Trinajstić information content (AvgIpc) is 3.08. The Morgan fingerprint density at radius 3 is 2.33 bits per heavy atom. The van der Waals surface area contributed by atoms with Crippen molar-refractivity contribution in [1.29, 1.82) is 0 Å². The molecule has 4 aliphatic carbocycles. The van der Waals surface area contributed by atoms with Gasteiger partial charge in [0.05, 0.1) is 19.3 Å². The first-order valence-electron chi connectivity index (χ1n) is 13.4. The number of ketones is 2. The summed E-state index contributed by atoms with van der Waals surface area (Å²) in [6.45, 7) is 7.04. The molecular weight excluding hydrogens is 518 g/mol. The summed E-state index contributed by atoms with van der Waals surface area (Å²) in [5, 5.41) is 11.5. The molecule has 0 unspecified atom stereocenters. The summed E-state index contributed by atoms with van der Waals surface area (Å²) < 4.78 is 53.6. The topological polar surface area (TPSA) is 125 Å². The molecule has 9 atom stereocenters. The smallest absolute Gasteiger partial charge is 0.435 e. The third kappa shape index (κ3) is 4.02. The van der Waals surface area contributed by atoms with E-state index in [1.54, 1.807) is 27.7 Å². The van der Waals surface area contributed by atoms with Crippen LogP contribution in [0.4, 0.5) is 18.4 Å². The van der Waals surface area contributed by atoms with Gasteiger partial charge in [0, 0.05) is 22.7 Å². The third-order valence-electron chi connectivity index (χ3n) is 9.67. The van der Waals surface area contributed by atoms with Crippen LogP contribution in [0.15, 0.2) is 23.8 Å². The van der Waals surface area contributed by atoms with Crippen LogP contribution >= 0.6 is 0 Å². The second-order valence-corrected chi connectivity index (χ2v) is 11.4. The normalized spacial score (nSPS) is 42.4. The number of fused-ring (bicyclic) bond motifs is 5. The van der Waals surface area contributed by atoms with E-state index in [2.05, 4.69) is 0 Å². The fraction of sp³-hybridized carbons (Fsp3) is 0.714. The molecule has 0 amide bonds. The van der Waals surface area contributed by atoms with Gasteiger partial charge in [-0.1, -0.05) is 19.9 Å². The van der Waals surface area contributed by atoms with E-state index in [1.165, 1.54) is 19.1 Å². The third-order valence-corrected chi connectivity index (χ3v) is 9.67.